The van der Waals surface area contributed by atoms with E-state index in [0.29, 0.717) is 12.5 Å². The Morgan fingerprint density at radius 3 is 1.88 bits per heavy atom. The van der Waals surface area contributed by atoms with Crippen LogP contribution in [0.25, 0.3) is 0 Å². The van der Waals surface area contributed by atoms with Crippen LogP contribution in [0.3, 0.4) is 0 Å². The molecule has 0 saturated carbocycles. The largest absolute Gasteiger partial charge is 0.315 e. The van der Waals surface area contributed by atoms with E-state index in [0.717, 1.165) is 19.4 Å². The summed E-state index contributed by atoms with van der Waals surface area (Å²) in [5.74, 6) is 0.830. The number of rotatable bonds is 8. The molecule has 0 heterocycles. The Hall–Kier alpha value is -0.0900. The maximum atomic E-state index is 11.7. The fourth-order valence-corrected chi connectivity index (χ4v) is 3.50. The minimum atomic E-state index is -2.95. The van der Waals surface area contributed by atoms with Gasteiger partial charge in [0.15, 0.2) is 9.84 Å². The molecular formula is C12H27NO2S. The minimum Gasteiger partial charge on any atom is -0.315 e. The van der Waals surface area contributed by atoms with Gasteiger partial charge in [0.05, 0.1) is 5.25 Å². The van der Waals surface area contributed by atoms with Gasteiger partial charge in [-0.2, -0.15) is 0 Å². The van der Waals surface area contributed by atoms with Crippen LogP contribution in [0.1, 0.15) is 40.5 Å². The molecule has 16 heavy (non-hydrogen) atoms. The van der Waals surface area contributed by atoms with E-state index in [-0.39, 0.29) is 11.2 Å². The Morgan fingerprint density at radius 2 is 1.56 bits per heavy atom. The molecule has 0 saturated heterocycles. The molecule has 0 amide bonds. The molecule has 1 N–H and O–H groups in total. The molecule has 1 unspecified atom stereocenters. The topological polar surface area (TPSA) is 46.2 Å². The van der Waals surface area contributed by atoms with E-state index in [2.05, 4.69) is 33.0 Å². The van der Waals surface area contributed by atoms with Crippen molar-refractivity contribution >= 4 is 9.84 Å². The van der Waals surface area contributed by atoms with Crippen LogP contribution < -0.4 is 5.32 Å². The van der Waals surface area contributed by atoms with Gasteiger partial charge in [-0.05, 0) is 18.4 Å². The van der Waals surface area contributed by atoms with Gasteiger partial charge in [0.1, 0.15) is 0 Å². The molecule has 0 aliphatic heterocycles. The van der Waals surface area contributed by atoms with Crippen molar-refractivity contribution in [1.29, 1.82) is 0 Å². The Bertz CT molecular complexity index is 269. The number of nitrogens with one attached hydrogen (secondary N) is 1. The zero-order valence-electron chi connectivity index (χ0n) is 11.3. The summed E-state index contributed by atoms with van der Waals surface area (Å²) in [4.78, 5) is 0. The van der Waals surface area contributed by atoms with Crippen molar-refractivity contribution in [3.8, 4) is 0 Å². The standard InChI is InChI=1S/C12H27NO2S/c1-6-11(7-2)12(16(5,14)15)9-13-8-10(3)4/h10-13H,6-9H2,1-5H3. The Balaban J connectivity index is 4.45. The van der Waals surface area contributed by atoms with Gasteiger partial charge in [0.25, 0.3) is 0 Å². The molecule has 0 rings (SSSR count). The van der Waals surface area contributed by atoms with E-state index in [1.54, 1.807) is 0 Å². The Labute approximate surface area is 101 Å². The quantitative estimate of drug-likeness (QED) is 0.716. The third kappa shape index (κ3) is 5.85. The van der Waals surface area contributed by atoms with Crippen LogP contribution in [0.2, 0.25) is 0 Å². The van der Waals surface area contributed by atoms with Crippen LogP contribution in [-0.2, 0) is 9.84 Å². The van der Waals surface area contributed by atoms with Crippen molar-refractivity contribution in [3.05, 3.63) is 0 Å². The van der Waals surface area contributed by atoms with Gasteiger partial charge in [-0.25, -0.2) is 8.42 Å². The van der Waals surface area contributed by atoms with Crippen LogP contribution in [0.15, 0.2) is 0 Å². The van der Waals surface area contributed by atoms with Gasteiger partial charge in [-0.15, -0.1) is 0 Å². The zero-order chi connectivity index (χ0) is 12.8. The molecule has 98 valence electrons. The van der Waals surface area contributed by atoms with Gasteiger partial charge in [0, 0.05) is 12.8 Å². The van der Waals surface area contributed by atoms with E-state index >= 15 is 0 Å². The number of sulfone groups is 1. The van der Waals surface area contributed by atoms with Crippen molar-refractivity contribution in [3.63, 3.8) is 0 Å². The van der Waals surface area contributed by atoms with E-state index in [1.165, 1.54) is 6.26 Å². The second kappa shape index (κ2) is 7.28. The first-order chi connectivity index (χ1) is 7.32. The molecule has 3 nitrogen and oxygen atoms in total. The molecule has 0 radical (unpaired) electrons. The fourth-order valence-electron chi connectivity index (χ4n) is 2.00. The monoisotopic (exact) mass is 249 g/mol. The normalized spacial score (nSPS) is 14.7. The maximum Gasteiger partial charge on any atom is 0.151 e. The van der Waals surface area contributed by atoms with Crippen molar-refractivity contribution in [2.45, 2.75) is 45.8 Å². The lowest BCUT2D eigenvalue weighted by molar-refractivity contribution is 0.421. The van der Waals surface area contributed by atoms with Crippen LogP contribution in [-0.4, -0.2) is 33.0 Å². The second-order valence-corrected chi connectivity index (χ2v) is 7.26. The summed E-state index contributed by atoms with van der Waals surface area (Å²) in [6.07, 6.45) is 3.21. The van der Waals surface area contributed by atoms with Crippen LogP contribution >= 0.6 is 0 Å². The summed E-state index contributed by atoms with van der Waals surface area (Å²) in [7, 11) is -2.95. The van der Waals surface area contributed by atoms with Gasteiger partial charge >= 0.3 is 0 Å². The molecule has 0 aromatic rings. The van der Waals surface area contributed by atoms with Gasteiger partial charge in [-0.3, -0.25) is 0 Å². The van der Waals surface area contributed by atoms with Gasteiger partial charge < -0.3 is 5.32 Å². The predicted molar refractivity (Wildman–Crippen MR) is 70.4 cm³/mol. The summed E-state index contributed by atoms with van der Waals surface area (Å²) in [6.45, 7) is 9.85. The Morgan fingerprint density at radius 1 is 1.06 bits per heavy atom. The van der Waals surface area contributed by atoms with Crippen molar-refractivity contribution in [2.75, 3.05) is 19.3 Å². The highest BCUT2D eigenvalue weighted by atomic mass is 32.2. The number of hydrogen-bond acceptors (Lipinski definition) is 3. The minimum absolute atomic E-state index is 0.235. The highest BCUT2D eigenvalue weighted by Gasteiger charge is 2.27. The van der Waals surface area contributed by atoms with Crippen LogP contribution in [0, 0.1) is 11.8 Å². The molecular weight excluding hydrogens is 222 g/mol. The SMILES string of the molecule is CCC(CC)C(CNCC(C)C)S(C)(=O)=O. The maximum absolute atomic E-state index is 11.7. The van der Waals surface area contributed by atoms with E-state index in [4.69, 9.17) is 0 Å². The third-order valence-corrected chi connectivity index (χ3v) is 4.67. The molecule has 4 heteroatoms. The summed E-state index contributed by atoms with van der Waals surface area (Å²) in [6, 6.07) is 0. The van der Waals surface area contributed by atoms with Crippen molar-refractivity contribution in [1.82, 2.24) is 5.32 Å². The smallest absolute Gasteiger partial charge is 0.151 e. The van der Waals surface area contributed by atoms with Crippen molar-refractivity contribution in [2.24, 2.45) is 11.8 Å². The lowest BCUT2D eigenvalue weighted by atomic mass is 9.99. The molecule has 0 fully saturated rings. The molecule has 0 bridgehead atoms. The van der Waals surface area contributed by atoms with E-state index in [9.17, 15) is 8.42 Å². The third-order valence-electron chi connectivity index (χ3n) is 3.02. The first-order valence-electron chi connectivity index (χ1n) is 6.22. The zero-order valence-corrected chi connectivity index (χ0v) is 12.1. The summed E-state index contributed by atoms with van der Waals surface area (Å²) >= 11 is 0. The van der Waals surface area contributed by atoms with E-state index < -0.39 is 9.84 Å². The van der Waals surface area contributed by atoms with Gasteiger partial charge in [-0.1, -0.05) is 40.5 Å². The number of hydrogen-bond donors (Lipinski definition) is 1. The lowest BCUT2D eigenvalue weighted by Crippen LogP contribution is -2.39. The summed E-state index contributed by atoms with van der Waals surface area (Å²) in [5, 5.41) is 3.03. The molecule has 0 aliphatic rings. The molecule has 0 aromatic carbocycles. The van der Waals surface area contributed by atoms with Crippen molar-refractivity contribution < 1.29 is 8.42 Å². The van der Waals surface area contributed by atoms with Crippen LogP contribution in [0.5, 0.6) is 0 Å². The molecule has 0 aromatic heterocycles. The Kier molecular flexibility index (Phi) is 7.24. The first kappa shape index (κ1) is 15.9. The molecule has 0 aliphatic carbocycles. The summed E-state index contributed by atoms with van der Waals surface area (Å²) < 4.78 is 23.5. The molecule has 1 atom stereocenters. The first-order valence-corrected chi connectivity index (χ1v) is 8.17. The average Bonchev–Trinajstić information content (AvgIpc) is 2.15. The predicted octanol–water partition coefficient (Wildman–Crippen LogP) is 2.08. The van der Waals surface area contributed by atoms with Crippen LogP contribution in [0.4, 0.5) is 0 Å². The van der Waals surface area contributed by atoms with Gasteiger partial charge in [0.2, 0.25) is 0 Å². The van der Waals surface area contributed by atoms with E-state index in [1.807, 2.05) is 0 Å². The summed E-state index contributed by atoms with van der Waals surface area (Å²) in [5.41, 5.74) is 0. The highest BCUT2D eigenvalue weighted by molar-refractivity contribution is 7.91. The lowest BCUT2D eigenvalue weighted by Gasteiger charge is -2.24. The highest BCUT2D eigenvalue weighted by Crippen LogP contribution is 2.19. The molecule has 0 spiro atoms. The fraction of sp³-hybridized carbons (Fsp3) is 1.00. The average molecular weight is 249 g/mol. The second-order valence-electron chi connectivity index (χ2n) is 5.00.